The van der Waals surface area contributed by atoms with Crippen molar-refractivity contribution < 1.29 is 4.79 Å². The van der Waals surface area contributed by atoms with E-state index in [9.17, 15) is 4.79 Å². The maximum Gasteiger partial charge on any atom is 0.241 e. The highest BCUT2D eigenvalue weighted by atomic mass is 16.1. The molecule has 0 bridgehead atoms. The molecular formula is C12H23N3O. The lowest BCUT2D eigenvalue weighted by Crippen LogP contribution is -2.53. The van der Waals surface area contributed by atoms with Gasteiger partial charge in [0.2, 0.25) is 5.91 Å². The molecule has 1 saturated heterocycles. The van der Waals surface area contributed by atoms with Crippen LogP contribution in [0, 0.1) is 0 Å². The summed E-state index contributed by atoms with van der Waals surface area (Å²) < 4.78 is 0. The van der Waals surface area contributed by atoms with Gasteiger partial charge in [-0.05, 0) is 20.4 Å². The van der Waals surface area contributed by atoms with Gasteiger partial charge in [-0.2, -0.15) is 0 Å². The predicted octanol–water partition coefficient (Wildman–Crippen LogP) is 0.444. The van der Waals surface area contributed by atoms with Gasteiger partial charge in [0.25, 0.3) is 0 Å². The van der Waals surface area contributed by atoms with Crippen molar-refractivity contribution in [1.29, 1.82) is 0 Å². The van der Waals surface area contributed by atoms with Crippen molar-refractivity contribution in [1.82, 2.24) is 9.80 Å². The molecule has 16 heavy (non-hydrogen) atoms. The van der Waals surface area contributed by atoms with Crippen LogP contribution in [0.1, 0.15) is 20.8 Å². The molecule has 0 spiro atoms. The summed E-state index contributed by atoms with van der Waals surface area (Å²) in [7, 11) is 0. The molecule has 4 heteroatoms. The predicted molar refractivity (Wildman–Crippen MR) is 66.1 cm³/mol. The number of nitrogens with two attached hydrogens (primary N) is 1. The van der Waals surface area contributed by atoms with Gasteiger partial charge >= 0.3 is 0 Å². The maximum absolute atomic E-state index is 10.7. The standard InChI is InChI=1S/C12H23N3O/c1-4-14-7-9-15(10-8-14)12(2,3)6-5-11(13)16/h5-6H,4,7-10H2,1-3H3,(H2,13,16). The lowest BCUT2D eigenvalue weighted by molar-refractivity contribution is -0.113. The van der Waals surface area contributed by atoms with E-state index in [1.807, 2.05) is 6.08 Å². The Balaban J connectivity index is 2.54. The molecule has 1 aliphatic rings. The molecule has 92 valence electrons. The zero-order chi connectivity index (χ0) is 12.2. The average Bonchev–Trinajstić information content (AvgIpc) is 2.27. The Morgan fingerprint density at radius 1 is 1.31 bits per heavy atom. The summed E-state index contributed by atoms with van der Waals surface area (Å²) in [5.41, 5.74) is 5.03. The highest BCUT2D eigenvalue weighted by Gasteiger charge is 2.27. The number of nitrogens with zero attached hydrogens (tertiary/aromatic N) is 2. The number of carbonyl (C=O) groups is 1. The molecule has 2 N–H and O–H groups in total. The fraction of sp³-hybridized carbons (Fsp3) is 0.750. The van der Waals surface area contributed by atoms with Crippen LogP contribution in [0.3, 0.4) is 0 Å². The van der Waals surface area contributed by atoms with Gasteiger partial charge in [0.05, 0.1) is 0 Å². The Kier molecular flexibility index (Phi) is 4.50. The molecule has 1 fully saturated rings. The van der Waals surface area contributed by atoms with E-state index >= 15 is 0 Å². The van der Waals surface area contributed by atoms with Crippen LogP contribution in [0.25, 0.3) is 0 Å². The normalized spacial score (nSPS) is 20.4. The minimum absolute atomic E-state index is 0.0884. The first-order valence-corrected chi connectivity index (χ1v) is 5.92. The van der Waals surface area contributed by atoms with Crippen molar-refractivity contribution in [2.75, 3.05) is 32.7 Å². The van der Waals surface area contributed by atoms with Crippen molar-refractivity contribution in [3.63, 3.8) is 0 Å². The number of carbonyl (C=O) groups excluding carboxylic acids is 1. The van der Waals surface area contributed by atoms with Gasteiger partial charge in [-0.25, -0.2) is 0 Å². The first-order chi connectivity index (χ1) is 7.45. The van der Waals surface area contributed by atoms with Crippen LogP contribution in [0.15, 0.2) is 12.2 Å². The van der Waals surface area contributed by atoms with Crippen molar-refractivity contribution in [2.45, 2.75) is 26.3 Å². The van der Waals surface area contributed by atoms with Crippen molar-refractivity contribution in [3.8, 4) is 0 Å². The zero-order valence-corrected chi connectivity index (χ0v) is 10.6. The van der Waals surface area contributed by atoms with Crippen molar-refractivity contribution >= 4 is 5.91 Å². The highest BCUT2D eigenvalue weighted by molar-refractivity contribution is 5.85. The summed E-state index contributed by atoms with van der Waals surface area (Å²) in [6, 6.07) is 0. The smallest absolute Gasteiger partial charge is 0.241 e. The molecular weight excluding hydrogens is 202 g/mol. The van der Waals surface area contributed by atoms with Gasteiger partial charge in [0.1, 0.15) is 0 Å². The largest absolute Gasteiger partial charge is 0.366 e. The van der Waals surface area contributed by atoms with Crippen molar-refractivity contribution in [2.24, 2.45) is 5.73 Å². The molecule has 0 unspecified atom stereocenters. The van der Waals surface area contributed by atoms with Crippen LogP contribution >= 0.6 is 0 Å². The first kappa shape index (κ1) is 13.2. The number of hydrogen-bond acceptors (Lipinski definition) is 3. The molecule has 1 amide bonds. The van der Waals surface area contributed by atoms with E-state index in [4.69, 9.17) is 5.73 Å². The Labute approximate surface area is 98.1 Å². The minimum atomic E-state index is -0.375. The molecule has 0 aromatic heterocycles. The van der Waals surface area contributed by atoms with Gasteiger partial charge in [-0.1, -0.05) is 13.0 Å². The second-order valence-corrected chi connectivity index (χ2v) is 4.81. The van der Waals surface area contributed by atoms with Crippen LogP contribution in [0.5, 0.6) is 0 Å². The Hall–Kier alpha value is -0.870. The number of piperazine rings is 1. The summed E-state index contributed by atoms with van der Waals surface area (Å²) >= 11 is 0. The summed E-state index contributed by atoms with van der Waals surface area (Å²) in [6.45, 7) is 11.8. The molecule has 0 saturated carbocycles. The van der Waals surface area contributed by atoms with E-state index in [1.165, 1.54) is 6.08 Å². The molecule has 4 nitrogen and oxygen atoms in total. The molecule has 0 atom stereocenters. The Morgan fingerprint density at radius 3 is 2.31 bits per heavy atom. The van der Waals surface area contributed by atoms with Crippen LogP contribution < -0.4 is 5.73 Å². The molecule has 0 aliphatic carbocycles. The van der Waals surface area contributed by atoms with E-state index in [2.05, 4.69) is 30.6 Å². The third-order valence-corrected chi connectivity index (χ3v) is 3.29. The summed E-state index contributed by atoms with van der Waals surface area (Å²) in [4.78, 5) is 15.6. The molecule has 1 rings (SSSR count). The number of rotatable bonds is 4. The van der Waals surface area contributed by atoms with E-state index in [1.54, 1.807) is 0 Å². The number of likely N-dealkylation sites (N-methyl/N-ethyl adjacent to an activating group) is 1. The quantitative estimate of drug-likeness (QED) is 0.707. The molecule has 1 aliphatic heterocycles. The number of hydrogen-bond donors (Lipinski definition) is 1. The van der Waals surface area contributed by atoms with Crippen LogP contribution in [0.2, 0.25) is 0 Å². The van der Waals surface area contributed by atoms with E-state index in [0.29, 0.717) is 0 Å². The summed E-state index contributed by atoms with van der Waals surface area (Å²) in [5.74, 6) is -0.375. The van der Waals surface area contributed by atoms with Gasteiger partial charge in [-0.15, -0.1) is 0 Å². The fourth-order valence-electron chi connectivity index (χ4n) is 2.03. The second kappa shape index (κ2) is 5.46. The number of primary amides is 1. The minimum Gasteiger partial charge on any atom is -0.366 e. The van der Waals surface area contributed by atoms with Crippen LogP contribution in [0.4, 0.5) is 0 Å². The highest BCUT2D eigenvalue weighted by Crippen LogP contribution is 2.18. The van der Waals surface area contributed by atoms with Gasteiger partial charge in [0, 0.05) is 37.8 Å². The molecule has 0 aromatic rings. The average molecular weight is 225 g/mol. The van der Waals surface area contributed by atoms with E-state index in [-0.39, 0.29) is 11.4 Å². The second-order valence-electron chi connectivity index (χ2n) is 4.81. The Bertz CT molecular complexity index is 265. The van der Waals surface area contributed by atoms with Gasteiger partial charge in [-0.3, -0.25) is 9.69 Å². The van der Waals surface area contributed by atoms with Gasteiger partial charge < -0.3 is 10.6 Å². The van der Waals surface area contributed by atoms with E-state index < -0.39 is 0 Å². The fourth-order valence-corrected chi connectivity index (χ4v) is 2.03. The van der Waals surface area contributed by atoms with Crippen LogP contribution in [-0.4, -0.2) is 54.0 Å². The van der Waals surface area contributed by atoms with Gasteiger partial charge in [0.15, 0.2) is 0 Å². The third kappa shape index (κ3) is 3.61. The van der Waals surface area contributed by atoms with Crippen molar-refractivity contribution in [3.05, 3.63) is 12.2 Å². The maximum atomic E-state index is 10.7. The zero-order valence-electron chi connectivity index (χ0n) is 10.6. The lowest BCUT2D eigenvalue weighted by atomic mass is 10.0. The molecule has 1 heterocycles. The third-order valence-electron chi connectivity index (χ3n) is 3.29. The lowest BCUT2D eigenvalue weighted by Gasteiger charge is -2.42. The monoisotopic (exact) mass is 225 g/mol. The molecule has 0 aromatic carbocycles. The summed E-state index contributed by atoms with van der Waals surface area (Å²) in [6.07, 6.45) is 3.36. The molecule has 0 radical (unpaired) electrons. The Morgan fingerprint density at radius 2 is 1.88 bits per heavy atom. The SMILES string of the molecule is CCN1CCN(C(C)(C)C=CC(N)=O)CC1. The van der Waals surface area contributed by atoms with E-state index in [0.717, 1.165) is 32.7 Å². The summed E-state index contributed by atoms with van der Waals surface area (Å²) in [5, 5.41) is 0. The first-order valence-electron chi connectivity index (χ1n) is 5.92. The van der Waals surface area contributed by atoms with Crippen LogP contribution in [-0.2, 0) is 4.79 Å². The number of amides is 1. The topological polar surface area (TPSA) is 49.6 Å².